The lowest BCUT2D eigenvalue weighted by Gasteiger charge is -2.07. The normalized spacial score (nSPS) is 11.5. The van der Waals surface area contributed by atoms with Crippen molar-refractivity contribution in [1.29, 1.82) is 0 Å². The van der Waals surface area contributed by atoms with Crippen molar-refractivity contribution in [3.05, 3.63) is 0 Å². The Bertz CT molecular complexity index is 312. The van der Waals surface area contributed by atoms with Crippen LogP contribution in [0.5, 0.6) is 0 Å². The Labute approximate surface area is 224 Å². The van der Waals surface area contributed by atoms with Crippen molar-refractivity contribution >= 4 is 0 Å². The van der Waals surface area contributed by atoms with Gasteiger partial charge in [-0.1, -0.05) is 168 Å². The van der Waals surface area contributed by atoms with Crippen LogP contribution < -0.4 is 10.6 Å². The lowest BCUT2D eigenvalue weighted by molar-refractivity contribution is 0.519. The zero-order chi connectivity index (χ0) is 25.3. The molecule has 0 amide bonds. The highest BCUT2D eigenvalue weighted by Gasteiger charge is 1.96. The third-order valence-corrected chi connectivity index (χ3v) is 7.62. The van der Waals surface area contributed by atoms with Gasteiger partial charge in [-0.15, -0.1) is 0 Å². The highest BCUT2D eigenvalue weighted by atomic mass is 14.9. The van der Waals surface area contributed by atoms with Crippen LogP contribution in [-0.4, -0.2) is 26.2 Å². The summed E-state index contributed by atoms with van der Waals surface area (Å²) in [4.78, 5) is 0. The average Bonchev–Trinajstić information content (AvgIpc) is 2.87. The van der Waals surface area contributed by atoms with E-state index >= 15 is 0 Å². The molecule has 2 N–H and O–H groups in total. The molecule has 0 aliphatic carbocycles. The van der Waals surface area contributed by atoms with Crippen molar-refractivity contribution in [2.45, 2.75) is 187 Å². The van der Waals surface area contributed by atoms with Gasteiger partial charge in [0.05, 0.1) is 0 Å². The molecule has 0 fully saturated rings. The second-order valence-corrected chi connectivity index (χ2v) is 11.3. The molecule has 0 heterocycles. The molecule has 0 rings (SSSR count). The first-order chi connectivity index (χ1) is 17.4. The first-order valence-corrected chi connectivity index (χ1v) is 16.8. The summed E-state index contributed by atoms with van der Waals surface area (Å²) in [6.45, 7) is 9.41. The van der Waals surface area contributed by atoms with Crippen LogP contribution in [0.25, 0.3) is 0 Å². The standard InChI is InChI=1S/C33H70N2/c1-3-5-7-9-11-13-15-16-17-18-19-20-22-24-26-28-31-35-33-29-32-34-30-27-25-23-21-14-12-10-8-6-4-2/h34-35H,3-33H2,1-2H3. The van der Waals surface area contributed by atoms with Crippen molar-refractivity contribution in [3.63, 3.8) is 0 Å². The summed E-state index contributed by atoms with van der Waals surface area (Å²) >= 11 is 0. The Morgan fingerprint density at radius 3 is 0.686 bits per heavy atom. The maximum atomic E-state index is 3.64. The van der Waals surface area contributed by atoms with Crippen LogP contribution in [-0.2, 0) is 0 Å². The zero-order valence-corrected chi connectivity index (χ0v) is 24.9. The molecule has 0 saturated heterocycles. The SMILES string of the molecule is CCCCCCCCCCCCCCCCCCNCCCNCCCCCCCCCCCC. The quantitative estimate of drug-likeness (QED) is 0.0908. The van der Waals surface area contributed by atoms with E-state index < -0.39 is 0 Å². The average molecular weight is 495 g/mol. The van der Waals surface area contributed by atoms with Gasteiger partial charge in [0.2, 0.25) is 0 Å². The predicted octanol–water partition coefficient (Wildman–Crippen LogP) is 10.7. The van der Waals surface area contributed by atoms with E-state index in [-0.39, 0.29) is 0 Å². The van der Waals surface area contributed by atoms with Gasteiger partial charge < -0.3 is 10.6 Å². The fraction of sp³-hybridized carbons (Fsp3) is 1.00. The monoisotopic (exact) mass is 495 g/mol. The molecule has 0 aliphatic rings. The third kappa shape index (κ3) is 33.9. The van der Waals surface area contributed by atoms with Crippen LogP contribution in [0.1, 0.15) is 187 Å². The summed E-state index contributed by atoms with van der Waals surface area (Å²) in [7, 11) is 0. The molecule has 0 saturated carbocycles. The molecule has 0 unspecified atom stereocenters. The molecule has 0 aromatic heterocycles. The number of rotatable bonds is 32. The molecule has 0 radical (unpaired) electrons. The fourth-order valence-corrected chi connectivity index (χ4v) is 5.12. The van der Waals surface area contributed by atoms with E-state index in [0.29, 0.717) is 0 Å². The van der Waals surface area contributed by atoms with Gasteiger partial charge in [-0.3, -0.25) is 0 Å². The molecular formula is C33H70N2. The predicted molar refractivity (Wildman–Crippen MR) is 162 cm³/mol. The third-order valence-electron chi connectivity index (χ3n) is 7.62. The van der Waals surface area contributed by atoms with Gasteiger partial charge in [0.1, 0.15) is 0 Å². The second kappa shape index (κ2) is 33.9. The number of unbranched alkanes of at least 4 members (excludes halogenated alkanes) is 24. The van der Waals surface area contributed by atoms with E-state index in [2.05, 4.69) is 24.5 Å². The number of hydrogen-bond donors (Lipinski definition) is 2. The van der Waals surface area contributed by atoms with Gasteiger partial charge in [0, 0.05) is 0 Å². The summed E-state index contributed by atoms with van der Waals surface area (Å²) < 4.78 is 0. The minimum absolute atomic E-state index is 1.18. The van der Waals surface area contributed by atoms with E-state index in [4.69, 9.17) is 0 Å². The summed E-state index contributed by atoms with van der Waals surface area (Å²) in [5.74, 6) is 0. The largest absolute Gasteiger partial charge is 0.317 e. The minimum Gasteiger partial charge on any atom is -0.317 e. The van der Waals surface area contributed by atoms with Crippen LogP contribution in [0.15, 0.2) is 0 Å². The van der Waals surface area contributed by atoms with Crippen LogP contribution in [0.3, 0.4) is 0 Å². The van der Waals surface area contributed by atoms with Gasteiger partial charge in [0.25, 0.3) is 0 Å². The molecule has 0 atom stereocenters. The Morgan fingerprint density at radius 2 is 0.429 bits per heavy atom. The Kier molecular flexibility index (Phi) is 33.8. The van der Waals surface area contributed by atoms with Crippen molar-refractivity contribution in [2.75, 3.05) is 26.2 Å². The highest BCUT2D eigenvalue weighted by Crippen LogP contribution is 2.14. The summed E-state index contributed by atoms with van der Waals surface area (Å²) in [6, 6.07) is 0. The topological polar surface area (TPSA) is 24.1 Å². The first kappa shape index (κ1) is 34.9. The highest BCUT2D eigenvalue weighted by molar-refractivity contribution is 4.55. The molecule has 212 valence electrons. The molecule has 0 aliphatic heterocycles. The zero-order valence-electron chi connectivity index (χ0n) is 24.9. The van der Waals surface area contributed by atoms with Crippen LogP contribution >= 0.6 is 0 Å². The smallest absolute Gasteiger partial charge is 0.00368 e. The Balaban J connectivity index is 3.00. The van der Waals surface area contributed by atoms with Gasteiger partial charge in [0.15, 0.2) is 0 Å². The molecule has 35 heavy (non-hydrogen) atoms. The molecule has 0 spiro atoms. The van der Waals surface area contributed by atoms with Gasteiger partial charge >= 0.3 is 0 Å². The van der Waals surface area contributed by atoms with Crippen molar-refractivity contribution < 1.29 is 0 Å². The summed E-state index contributed by atoms with van der Waals surface area (Å²) in [6.07, 6.45) is 38.8. The van der Waals surface area contributed by atoms with Gasteiger partial charge in [-0.2, -0.15) is 0 Å². The lowest BCUT2D eigenvalue weighted by atomic mass is 10.0. The van der Waals surface area contributed by atoms with Crippen LogP contribution in [0.4, 0.5) is 0 Å². The van der Waals surface area contributed by atoms with Crippen molar-refractivity contribution in [2.24, 2.45) is 0 Å². The van der Waals surface area contributed by atoms with E-state index in [1.807, 2.05) is 0 Å². The van der Waals surface area contributed by atoms with E-state index in [1.54, 1.807) is 0 Å². The summed E-state index contributed by atoms with van der Waals surface area (Å²) in [5, 5.41) is 7.27. The minimum atomic E-state index is 1.18. The molecule has 0 bridgehead atoms. The Morgan fingerprint density at radius 1 is 0.229 bits per heavy atom. The maximum absolute atomic E-state index is 3.64. The van der Waals surface area contributed by atoms with E-state index in [1.165, 1.54) is 200 Å². The van der Waals surface area contributed by atoms with Crippen molar-refractivity contribution in [3.8, 4) is 0 Å². The second-order valence-electron chi connectivity index (χ2n) is 11.3. The Hall–Kier alpha value is -0.0800. The first-order valence-electron chi connectivity index (χ1n) is 16.8. The number of nitrogens with one attached hydrogen (secondary N) is 2. The summed E-state index contributed by atoms with van der Waals surface area (Å²) in [5.41, 5.74) is 0. The molecule has 2 nitrogen and oxygen atoms in total. The van der Waals surface area contributed by atoms with Crippen molar-refractivity contribution in [1.82, 2.24) is 10.6 Å². The van der Waals surface area contributed by atoms with E-state index in [0.717, 1.165) is 0 Å². The van der Waals surface area contributed by atoms with Gasteiger partial charge in [-0.25, -0.2) is 0 Å². The lowest BCUT2D eigenvalue weighted by Crippen LogP contribution is -2.23. The van der Waals surface area contributed by atoms with Crippen LogP contribution in [0, 0.1) is 0 Å². The fourth-order valence-electron chi connectivity index (χ4n) is 5.12. The number of hydrogen-bond acceptors (Lipinski definition) is 2. The molecular weight excluding hydrogens is 424 g/mol. The molecule has 0 aromatic carbocycles. The van der Waals surface area contributed by atoms with E-state index in [9.17, 15) is 0 Å². The molecule has 0 aromatic rings. The van der Waals surface area contributed by atoms with Gasteiger partial charge in [-0.05, 0) is 45.4 Å². The van der Waals surface area contributed by atoms with Crippen LogP contribution in [0.2, 0.25) is 0 Å². The molecule has 2 heteroatoms. The maximum Gasteiger partial charge on any atom is -0.00368 e.